The smallest absolute Gasteiger partial charge is 0.256 e. The van der Waals surface area contributed by atoms with Crippen LogP contribution in [0.4, 0.5) is 14.5 Å². The van der Waals surface area contributed by atoms with Crippen LogP contribution in [0.1, 0.15) is 30.1 Å². The Morgan fingerprint density at radius 3 is 2.40 bits per heavy atom. The minimum Gasteiger partial charge on any atom is -0.398 e. The average molecular weight is 285 g/mol. The zero-order chi connectivity index (χ0) is 15.3. The molecule has 0 spiro atoms. The second-order valence-corrected chi connectivity index (χ2v) is 4.40. The summed E-state index contributed by atoms with van der Waals surface area (Å²) < 4.78 is 26.2. The van der Waals surface area contributed by atoms with E-state index in [-0.39, 0.29) is 24.3 Å². The van der Waals surface area contributed by atoms with E-state index < -0.39 is 23.4 Å². The first-order chi connectivity index (χ1) is 9.36. The number of rotatable bonds is 6. The van der Waals surface area contributed by atoms with Crippen molar-refractivity contribution >= 4 is 17.5 Å². The molecule has 5 nitrogen and oxygen atoms in total. The summed E-state index contributed by atoms with van der Waals surface area (Å²) in [6, 6.07) is 1.47. The molecule has 0 aliphatic rings. The van der Waals surface area contributed by atoms with Crippen LogP contribution < -0.4 is 11.5 Å². The number of benzene rings is 1. The van der Waals surface area contributed by atoms with Gasteiger partial charge in [0.2, 0.25) is 5.91 Å². The van der Waals surface area contributed by atoms with Crippen LogP contribution in [0.15, 0.2) is 12.1 Å². The number of carbonyl (C=O) groups is 2. The fourth-order valence-electron chi connectivity index (χ4n) is 1.71. The molecule has 0 aliphatic heterocycles. The third-order valence-corrected chi connectivity index (χ3v) is 2.74. The Morgan fingerprint density at radius 2 is 1.85 bits per heavy atom. The maximum Gasteiger partial charge on any atom is 0.256 e. The third-order valence-electron chi connectivity index (χ3n) is 2.74. The van der Waals surface area contributed by atoms with E-state index in [0.717, 1.165) is 18.6 Å². The van der Waals surface area contributed by atoms with Gasteiger partial charge in [-0.1, -0.05) is 13.3 Å². The molecule has 0 unspecified atom stereocenters. The summed E-state index contributed by atoms with van der Waals surface area (Å²) in [5.74, 6) is -3.63. The van der Waals surface area contributed by atoms with Gasteiger partial charge < -0.3 is 16.4 Å². The van der Waals surface area contributed by atoms with Crippen LogP contribution in [0.5, 0.6) is 0 Å². The summed E-state index contributed by atoms with van der Waals surface area (Å²) in [6.07, 6.45) is 1.46. The molecule has 0 atom stereocenters. The maximum absolute atomic E-state index is 13.2. The van der Waals surface area contributed by atoms with E-state index in [1.54, 1.807) is 0 Å². The molecule has 0 radical (unpaired) electrons. The lowest BCUT2D eigenvalue weighted by Crippen LogP contribution is -2.39. The van der Waals surface area contributed by atoms with Crippen LogP contribution in [0.3, 0.4) is 0 Å². The van der Waals surface area contributed by atoms with Gasteiger partial charge in [0, 0.05) is 18.3 Å². The fourth-order valence-corrected chi connectivity index (χ4v) is 1.71. The number of unbranched alkanes of at least 4 members (excludes halogenated alkanes) is 1. The van der Waals surface area contributed by atoms with Gasteiger partial charge in [0.15, 0.2) is 11.6 Å². The second kappa shape index (κ2) is 6.83. The van der Waals surface area contributed by atoms with Gasteiger partial charge in [-0.15, -0.1) is 0 Å². The van der Waals surface area contributed by atoms with Crippen molar-refractivity contribution < 1.29 is 18.4 Å². The molecule has 4 N–H and O–H groups in total. The number of amides is 2. The van der Waals surface area contributed by atoms with Crippen LogP contribution in [0.25, 0.3) is 0 Å². The number of halogens is 2. The highest BCUT2D eigenvalue weighted by atomic mass is 19.2. The van der Waals surface area contributed by atoms with Gasteiger partial charge in [0.25, 0.3) is 5.91 Å². The molecule has 110 valence electrons. The van der Waals surface area contributed by atoms with Gasteiger partial charge in [-0.3, -0.25) is 9.59 Å². The van der Waals surface area contributed by atoms with Crippen LogP contribution in [0.2, 0.25) is 0 Å². The minimum absolute atomic E-state index is 0.179. The summed E-state index contributed by atoms with van der Waals surface area (Å²) >= 11 is 0. The van der Waals surface area contributed by atoms with E-state index in [9.17, 15) is 18.4 Å². The minimum atomic E-state index is -1.17. The highest BCUT2D eigenvalue weighted by Crippen LogP contribution is 2.19. The number of primary amides is 1. The van der Waals surface area contributed by atoms with E-state index >= 15 is 0 Å². The van der Waals surface area contributed by atoms with Crippen LogP contribution in [-0.2, 0) is 4.79 Å². The Morgan fingerprint density at radius 1 is 1.25 bits per heavy atom. The number of hydrogen-bond donors (Lipinski definition) is 2. The molecule has 0 fully saturated rings. The lowest BCUT2D eigenvalue weighted by atomic mass is 10.1. The molecule has 7 heteroatoms. The average Bonchev–Trinajstić information content (AvgIpc) is 2.37. The number of hydrogen-bond acceptors (Lipinski definition) is 3. The van der Waals surface area contributed by atoms with E-state index in [1.807, 2.05) is 6.92 Å². The van der Waals surface area contributed by atoms with E-state index in [2.05, 4.69) is 0 Å². The van der Waals surface area contributed by atoms with Crippen molar-refractivity contribution in [3.8, 4) is 0 Å². The molecular formula is C13H17F2N3O2. The highest BCUT2D eigenvalue weighted by molar-refractivity contribution is 6.00. The first-order valence-corrected chi connectivity index (χ1v) is 6.18. The van der Waals surface area contributed by atoms with Gasteiger partial charge in [0.1, 0.15) is 0 Å². The Kier molecular flexibility index (Phi) is 5.42. The highest BCUT2D eigenvalue weighted by Gasteiger charge is 2.21. The molecule has 0 aliphatic carbocycles. The van der Waals surface area contributed by atoms with Crippen LogP contribution >= 0.6 is 0 Å². The fraction of sp³-hybridized carbons (Fsp3) is 0.385. The van der Waals surface area contributed by atoms with Gasteiger partial charge in [-0.05, 0) is 12.5 Å². The zero-order valence-electron chi connectivity index (χ0n) is 11.2. The summed E-state index contributed by atoms with van der Waals surface area (Å²) in [6.45, 7) is 1.91. The third kappa shape index (κ3) is 3.91. The first-order valence-electron chi connectivity index (χ1n) is 6.18. The molecule has 0 saturated carbocycles. The molecule has 1 rings (SSSR count). The van der Waals surface area contributed by atoms with Crippen LogP contribution in [-0.4, -0.2) is 29.8 Å². The molecule has 2 amide bonds. The Labute approximate surface area is 115 Å². The molecule has 0 saturated heterocycles. The summed E-state index contributed by atoms with van der Waals surface area (Å²) in [5, 5.41) is 0. The quantitative estimate of drug-likeness (QED) is 0.771. The monoisotopic (exact) mass is 285 g/mol. The standard InChI is InChI=1S/C13H17F2N3O2/c1-2-3-4-18(7-12(17)19)13(20)8-5-9(14)10(15)6-11(8)16/h5-6H,2-4,7,16H2,1H3,(H2,17,19). The predicted molar refractivity (Wildman–Crippen MR) is 70.8 cm³/mol. The second-order valence-electron chi connectivity index (χ2n) is 4.40. The number of nitrogens with zero attached hydrogens (tertiary/aromatic N) is 1. The van der Waals surface area contributed by atoms with Crippen molar-refractivity contribution in [3.63, 3.8) is 0 Å². The summed E-state index contributed by atoms with van der Waals surface area (Å²) in [5.41, 5.74) is 10.2. The lowest BCUT2D eigenvalue weighted by Gasteiger charge is -2.21. The van der Waals surface area contributed by atoms with E-state index in [1.165, 1.54) is 4.90 Å². The normalized spacial score (nSPS) is 10.3. The lowest BCUT2D eigenvalue weighted by molar-refractivity contribution is -0.118. The Balaban J connectivity index is 3.04. The number of anilines is 1. The molecule has 0 bridgehead atoms. The van der Waals surface area contributed by atoms with Crippen molar-refractivity contribution in [2.45, 2.75) is 19.8 Å². The van der Waals surface area contributed by atoms with E-state index in [4.69, 9.17) is 11.5 Å². The van der Waals surface area contributed by atoms with Gasteiger partial charge in [0.05, 0.1) is 12.1 Å². The molecular weight excluding hydrogens is 268 g/mol. The van der Waals surface area contributed by atoms with Gasteiger partial charge in [-0.25, -0.2) is 8.78 Å². The maximum atomic E-state index is 13.2. The number of carbonyl (C=O) groups excluding carboxylic acids is 2. The van der Waals surface area contributed by atoms with Crippen molar-refractivity contribution in [1.82, 2.24) is 4.90 Å². The van der Waals surface area contributed by atoms with Gasteiger partial charge in [-0.2, -0.15) is 0 Å². The van der Waals surface area contributed by atoms with Crippen molar-refractivity contribution in [2.75, 3.05) is 18.8 Å². The summed E-state index contributed by atoms with van der Waals surface area (Å²) in [7, 11) is 0. The molecule has 0 aromatic heterocycles. The van der Waals surface area contributed by atoms with Crippen molar-refractivity contribution in [3.05, 3.63) is 29.3 Å². The predicted octanol–water partition coefficient (Wildman–Crippen LogP) is 1.27. The van der Waals surface area contributed by atoms with Crippen LogP contribution in [0, 0.1) is 11.6 Å². The first kappa shape index (κ1) is 15.9. The molecule has 1 aromatic rings. The summed E-state index contributed by atoms with van der Waals surface area (Å²) in [4.78, 5) is 24.4. The molecule has 20 heavy (non-hydrogen) atoms. The number of nitrogens with two attached hydrogens (primary N) is 2. The van der Waals surface area contributed by atoms with Gasteiger partial charge >= 0.3 is 0 Å². The van der Waals surface area contributed by atoms with Crippen molar-refractivity contribution in [1.29, 1.82) is 0 Å². The zero-order valence-corrected chi connectivity index (χ0v) is 11.2. The van der Waals surface area contributed by atoms with E-state index in [0.29, 0.717) is 6.42 Å². The largest absolute Gasteiger partial charge is 0.398 e. The number of nitrogen functional groups attached to an aromatic ring is 1. The SMILES string of the molecule is CCCCN(CC(N)=O)C(=O)c1cc(F)c(F)cc1N. The Bertz CT molecular complexity index is 521. The molecule has 0 heterocycles. The molecule has 1 aromatic carbocycles. The topological polar surface area (TPSA) is 89.4 Å². The Hall–Kier alpha value is -2.18. The van der Waals surface area contributed by atoms with Crippen molar-refractivity contribution in [2.24, 2.45) is 5.73 Å².